The lowest BCUT2D eigenvalue weighted by Gasteiger charge is -1.89. The number of hydrogen-bond donors (Lipinski definition) is 0. The molecule has 0 saturated carbocycles. The first-order valence-corrected chi connectivity index (χ1v) is 5.28. The zero-order valence-corrected chi connectivity index (χ0v) is 9.15. The van der Waals surface area contributed by atoms with E-state index in [1.807, 2.05) is 0 Å². The zero-order chi connectivity index (χ0) is 10.4. The minimum atomic E-state index is 0.0726. The lowest BCUT2D eigenvalue weighted by Crippen LogP contribution is -1.83. The molecule has 72 valence electrons. The van der Waals surface area contributed by atoms with Crippen LogP contribution in [0.25, 0.3) is 0 Å². The van der Waals surface area contributed by atoms with Crippen LogP contribution in [0.4, 0.5) is 0 Å². The predicted molar refractivity (Wildman–Crippen MR) is 59.3 cm³/mol. The van der Waals surface area contributed by atoms with E-state index in [2.05, 4.69) is 16.8 Å². The molecule has 0 unspecified atom stereocenters. The molecule has 0 atom stereocenters. The smallest absolute Gasteiger partial charge is 0.186 e. The van der Waals surface area contributed by atoms with Gasteiger partial charge in [0.1, 0.15) is 5.69 Å². The highest BCUT2D eigenvalue weighted by Gasteiger charge is 1.90. The molecule has 0 saturated heterocycles. The van der Waals surface area contributed by atoms with Gasteiger partial charge in [-0.15, -0.1) is 0 Å². The zero-order valence-electron chi connectivity index (χ0n) is 7.58. The fraction of sp³-hybridized carbons (Fsp3) is 0.200. The average Bonchev–Trinajstić information content (AvgIpc) is 2.15. The van der Waals surface area contributed by atoms with Crippen molar-refractivity contribution in [3.05, 3.63) is 29.0 Å². The summed E-state index contributed by atoms with van der Waals surface area (Å²) in [5.74, 6) is 6.17. The van der Waals surface area contributed by atoms with Crippen LogP contribution in [0.1, 0.15) is 12.6 Å². The summed E-state index contributed by atoms with van der Waals surface area (Å²) in [6, 6.07) is 3.48. The molecule has 0 fully saturated rings. The Morgan fingerprint density at radius 2 is 2.43 bits per heavy atom. The molecular formula is C10H8ClNOS. The average molecular weight is 226 g/mol. The Labute approximate surface area is 92.1 Å². The maximum atomic E-state index is 10.6. The van der Waals surface area contributed by atoms with Gasteiger partial charge in [-0.2, -0.15) is 0 Å². The van der Waals surface area contributed by atoms with Crippen LogP contribution in [0, 0.1) is 11.8 Å². The molecular weight excluding hydrogens is 218 g/mol. The Hall–Kier alpha value is -0.980. The molecule has 1 aromatic rings. The fourth-order valence-corrected chi connectivity index (χ4v) is 1.17. The van der Waals surface area contributed by atoms with Crippen molar-refractivity contribution < 1.29 is 4.79 Å². The van der Waals surface area contributed by atoms with Crippen molar-refractivity contribution in [2.45, 2.75) is 6.92 Å². The van der Waals surface area contributed by atoms with E-state index in [0.717, 1.165) is 0 Å². The molecule has 0 aromatic carbocycles. The molecule has 0 bridgehead atoms. The Morgan fingerprint density at radius 3 is 3.00 bits per heavy atom. The topological polar surface area (TPSA) is 30.0 Å². The van der Waals surface area contributed by atoms with Crippen molar-refractivity contribution in [3.8, 4) is 11.8 Å². The van der Waals surface area contributed by atoms with E-state index in [1.54, 1.807) is 18.3 Å². The van der Waals surface area contributed by atoms with Crippen LogP contribution in [0.3, 0.4) is 0 Å². The number of carbonyl (C=O) groups is 1. The second-order valence-electron chi connectivity index (χ2n) is 2.44. The first-order chi connectivity index (χ1) is 6.68. The van der Waals surface area contributed by atoms with Gasteiger partial charge in [-0.1, -0.05) is 29.3 Å². The highest BCUT2D eigenvalue weighted by atomic mass is 35.5. The summed E-state index contributed by atoms with van der Waals surface area (Å²) in [6.07, 6.45) is 1.55. The standard InChI is InChI=1S/C10H8ClNOS/c1-8(13)14-6-2-3-10-5-4-9(11)7-12-10/h4-5,7H,6H2,1H3. The maximum absolute atomic E-state index is 10.6. The molecule has 1 aromatic heterocycles. The molecule has 1 rings (SSSR count). The minimum Gasteiger partial charge on any atom is -0.288 e. The lowest BCUT2D eigenvalue weighted by molar-refractivity contribution is -0.109. The highest BCUT2D eigenvalue weighted by molar-refractivity contribution is 8.13. The van der Waals surface area contributed by atoms with Crippen LogP contribution in [0.5, 0.6) is 0 Å². The number of carbonyl (C=O) groups excluding carboxylic acids is 1. The Bertz CT molecular complexity index is 377. The third-order valence-electron chi connectivity index (χ3n) is 1.29. The number of nitrogens with zero attached hydrogens (tertiary/aromatic N) is 1. The molecule has 0 N–H and O–H groups in total. The number of pyridine rings is 1. The van der Waals surface area contributed by atoms with E-state index in [9.17, 15) is 4.79 Å². The van der Waals surface area contributed by atoms with Crippen LogP contribution in [-0.4, -0.2) is 15.9 Å². The molecule has 0 amide bonds. The first-order valence-electron chi connectivity index (χ1n) is 3.92. The van der Waals surface area contributed by atoms with Crippen molar-refractivity contribution >= 4 is 28.5 Å². The van der Waals surface area contributed by atoms with Crippen LogP contribution in [0.2, 0.25) is 5.02 Å². The Morgan fingerprint density at radius 1 is 1.64 bits per heavy atom. The van der Waals surface area contributed by atoms with Gasteiger partial charge in [0.15, 0.2) is 5.12 Å². The van der Waals surface area contributed by atoms with Gasteiger partial charge in [0.05, 0.1) is 10.8 Å². The quantitative estimate of drug-likeness (QED) is 0.688. The summed E-state index contributed by atoms with van der Waals surface area (Å²) in [7, 11) is 0. The van der Waals surface area contributed by atoms with E-state index in [-0.39, 0.29) is 5.12 Å². The van der Waals surface area contributed by atoms with Crippen LogP contribution in [0.15, 0.2) is 18.3 Å². The van der Waals surface area contributed by atoms with Crippen LogP contribution < -0.4 is 0 Å². The van der Waals surface area contributed by atoms with Crippen molar-refractivity contribution in [1.29, 1.82) is 0 Å². The molecule has 14 heavy (non-hydrogen) atoms. The predicted octanol–water partition coefficient (Wildman–Crippen LogP) is 2.37. The van der Waals surface area contributed by atoms with Gasteiger partial charge in [0.2, 0.25) is 0 Å². The van der Waals surface area contributed by atoms with Crippen LogP contribution >= 0.6 is 23.4 Å². The third kappa shape index (κ3) is 4.31. The van der Waals surface area contributed by atoms with Gasteiger partial charge < -0.3 is 0 Å². The lowest BCUT2D eigenvalue weighted by atomic mass is 10.3. The molecule has 0 aliphatic heterocycles. The summed E-state index contributed by atoms with van der Waals surface area (Å²) < 4.78 is 0. The molecule has 0 aliphatic rings. The molecule has 0 aliphatic carbocycles. The molecule has 0 spiro atoms. The van der Waals surface area contributed by atoms with Gasteiger partial charge in [0.25, 0.3) is 0 Å². The second kappa shape index (κ2) is 5.69. The largest absolute Gasteiger partial charge is 0.288 e. The third-order valence-corrected chi connectivity index (χ3v) is 2.21. The fourth-order valence-electron chi connectivity index (χ4n) is 0.714. The SMILES string of the molecule is CC(=O)SCC#Cc1ccc(Cl)cn1. The van der Waals surface area contributed by atoms with E-state index in [4.69, 9.17) is 11.6 Å². The van der Waals surface area contributed by atoms with E-state index in [1.165, 1.54) is 18.7 Å². The summed E-state index contributed by atoms with van der Waals surface area (Å²) in [5.41, 5.74) is 0.665. The number of rotatable bonds is 1. The normalized spacial score (nSPS) is 9.00. The summed E-state index contributed by atoms with van der Waals surface area (Å²) in [6.45, 7) is 1.52. The molecule has 4 heteroatoms. The summed E-state index contributed by atoms with van der Waals surface area (Å²) >= 11 is 6.84. The van der Waals surface area contributed by atoms with Crippen molar-refractivity contribution in [2.24, 2.45) is 0 Å². The van der Waals surface area contributed by atoms with Gasteiger partial charge in [-0.25, -0.2) is 4.98 Å². The van der Waals surface area contributed by atoms with E-state index < -0.39 is 0 Å². The van der Waals surface area contributed by atoms with E-state index >= 15 is 0 Å². The summed E-state index contributed by atoms with van der Waals surface area (Å²) in [4.78, 5) is 14.6. The number of aromatic nitrogens is 1. The van der Waals surface area contributed by atoms with Gasteiger partial charge >= 0.3 is 0 Å². The van der Waals surface area contributed by atoms with Crippen LogP contribution in [-0.2, 0) is 4.79 Å². The van der Waals surface area contributed by atoms with E-state index in [0.29, 0.717) is 16.5 Å². The number of halogens is 1. The molecule has 0 radical (unpaired) electrons. The van der Waals surface area contributed by atoms with Gasteiger partial charge in [-0.05, 0) is 18.1 Å². The number of hydrogen-bond acceptors (Lipinski definition) is 3. The minimum absolute atomic E-state index is 0.0726. The van der Waals surface area contributed by atoms with Gasteiger partial charge in [-0.3, -0.25) is 4.79 Å². The Kier molecular flexibility index (Phi) is 4.51. The monoisotopic (exact) mass is 225 g/mol. The second-order valence-corrected chi connectivity index (χ2v) is 4.03. The molecule has 1 heterocycles. The van der Waals surface area contributed by atoms with Gasteiger partial charge in [0, 0.05) is 13.1 Å². The molecule has 2 nitrogen and oxygen atoms in total. The Balaban J connectivity index is 2.51. The van der Waals surface area contributed by atoms with Crippen molar-refractivity contribution in [2.75, 3.05) is 5.75 Å². The summed E-state index contributed by atoms with van der Waals surface area (Å²) in [5, 5.41) is 0.664. The maximum Gasteiger partial charge on any atom is 0.186 e. The number of thioether (sulfide) groups is 1. The highest BCUT2D eigenvalue weighted by Crippen LogP contribution is 2.05. The van der Waals surface area contributed by atoms with Crippen molar-refractivity contribution in [1.82, 2.24) is 4.98 Å². The first kappa shape index (κ1) is 11.1. The van der Waals surface area contributed by atoms with Crippen molar-refractivity contribution in [3.63, 3.8) is 0 Å².